The summed E-state index contributed by atoms with van der Waals surface area (Å²) in [5.74, 6) is 0.773. The number of ether oxygens (including phenoxy) is 3. The van der Waals surface area contributed by atoms with Crippen molar-refractivity contribution in [3.05, 3.63) is 75.8 Å². The number of fused-ring (bicyclic) bond motifs is 2. The van der Waals surface area contributed by atoms with E-state index in [2.05, 4.69) is 0 Å². The van der Waals surface area contributed by atoms with Crippen molar-refractivity contribution < 1.29 is 45.1 Å². The van der Waals surface area contributed by atoms with E-state index in [4.69, 9.17) is 22.9 Å². The molecule has 11 heteroatoms. The lowest BCUT2D eigenvalue weighted by molar-refractivity contribution is -0.141. The molecule has 212 valence electrons. The SMILES string of the molecule is COC(=O)C[C@@H]1COc2cc(O[C@@H]3CCc4c3ccc(C(F)(F)F)c4-c3c(C)cc(OS(=O)O)cc3C)ccc21. The molecule has 1 heterocycles. The fraction of sp³-hybridized carbons (Fsp3) is 0.345. The Hall–Kier alpha value is -3.57. The lowest BCUT2D eigenvalue weighted by Gasteiger charge is -2.22. The standard InChI is InChI=1S/C29H27F3O7S/c1-15-10-19(39-40(34)35)11-16(2)27(15)28-22-7-9-24(21(22)6-8-23(28)29(30,31)32)38-18-4-5-20-17(12-26(33)36-3)14-37-25(20)13-18/h4-6,8,10-11,13,17,24H,7,9,12,14H2,1-3H3,(H,34,35)/t17-,24-/m1/s1. The fourth-order valence-electron chi connectivity index (χ4n) is 5.71. The second-order valence-electron chi connectivity index (χ2n) is 9.92. The van der Waals surface area contributed by atoms with Crippen LogP contribution < -0.4 is 13.7 Å². The Bertz CT molecular complexity index is 1480. The first kappa shape index (κ1) is 28.0. The van der Waals surface area contributed by atoms with Gasteiger partial charge in [0.1, 0.15) is 23.4 Å². The van der Waals surface area contributed by atoms with Crippen molar-refractivity contribution in [1.29, 1.82) is 0 Å². The zero-order valence-corrected chi connectivity index (χ0v) is 22.8. The van der Waals surface area contributed by atoms with Gasteiger partial charge in [0.15, 0.2) is 0 Å². The third kappa shape index (κ3) is 5.40. The first-order valence-electron chi connectivity index (χ1n) is 12.6. The fourth-order valence-corrected chi connectivity index (χ4v) is 5.97. The number of rotatable bonds is 7. The summed E-state index contributed by atoms with van der Waals surface area (Å²) in [6.07, 6.45) is -4.01. The number of alkyl halides is 3. The Balaban J connectivity index is 1.49. The van der Waals surface area contributed by atoms with Gasteiger partial charge in [0.2, 0.25) is 0 Å². The van der Waals surface area contributed by atoms with E-state index in [1.165, 1.54) is 25.3 Å². The summed E-state index contributed by atoms with van der Waals surface area (Å²) < 4.78 is 84.6. The summed E-state index contributed by atoms with van der Waals surface area (Å²) in [6, 6.07) is 10.8. The maximum absolute atomic E-state index is 14.2. The molecule has 1 aliphatic carbocycles. The molecule has 3 atom stereocenters. The number of hydrogen-bond donors (Lipinski definition) is 1. The second-order valence-corrected chi connectivity index (χ2v) is 10.5. The van der Waals surface area contributed by atoms with Crippen molar-refractivity contribution in [3.63, 3.8) is 0 Å². The average Bonchev–Trinajstić information content (AvgIpc) is 3.46. The quantitative estimate of drug-likeness (QED) is 0.250. The highest BCUT2D eigenvalue weighted by molar-refractivity contribution is 7.74. The molecule has 0 saturated carbocycles. The molecule has 0 aromatic heterocycles. The summed E-state index contributed by atoms with van der Waals surface area (Å²) in [4.78, 5) is 11.7. The molecular formula is C29H27F3O7S. The molecule has 2 aliphatic rings. The van der Waals surface area contributed by atoms with Crippen LogP contribution in [0.2, 0.25) is 0 Å². The van der Waals surface area contributed by atoms with Gasteiger partial charge in [-0.05, 0) is 84.3 Å². The van der Waals surface area contributed by atoms with Gasteiger partial charge in [-0.15, -0.1) is 0 Å². The number of carbonyl (C=O) groups excluding carboxylic acids is 1. The Morgan fingerprint density at radius 2 is 1.75 bits per heavy atom. The number of halogens is 3. The summed E-state index contributed by atoms with van der Waals surface area (Å²) >= 11 is -2.56. The van der Waals surface area contributed by atoms with Gasteiger partial charge in [-0.3, -0.25) is 9.35 Å². The molecule has 0 saturated heterocycles. The second kappa shape index (κ2) is 10.8. The van der Waals surface area contributed by atoms with Crippen LogP contribution in [0, 0.1) is 13.8 Å². The zero-order chi connectivity index (χ0) is 28.8. The van der Waals surface area contributed by atoms with Crippen molar-refractivity contribution in [1.82, 2.24) is 0 Å². The molecule has 0 radical (unpaired) electrons. The van der Waals surface area contributed by atoms with Gasteiger partial charge in [0.25, 0.3) is 0 Å². The molecule has 3 aromatic rings. The van der Waals surface area contributed by atoms with Crippen molar-refractivity contribution >= 4 is 17.3 Å². The number of hydrogen-bond acceptors (Lipinski definition) is 6. The summed E-state index contributed by atoms with van der Waals surface area (Å²) in [5.41, 5.74) is 2.82. The molecule has 1 N–H and O–H groups in total. The van der Waals surface area contributed by atoms with Crippen LogP contribution in [-0.2, 0) is 33.5 Å². The number of carbonyl (C=O) groups is 1. The Morgan fingerprint density at radius 3 is 2.40 bits per heavy atom. The van der Waals surface area contributed by atoms with Gasteiger partial charge in [-0.1, -0.05) is 12.1 Å². The Kier molecular flexibility index (Phi) is 7.54. The van der Waals surface area contributed by atoms with Gasteiger partial charge in [-0.25, -0.2) is 0 Å². The molecule has 40 heavy (non-hydrogen) atoms. The van der Waals surface area contributed by atoms with Crippen molar-refractivity contribution in [2.24, 2.45) is 0 Å². The largest absolute Gasteiger partial charge is 0.492 e. The predicted molar refractivity (Wildman–Crippen MR) is 141 cm³/mol. The minimum atomic E-state index is -4.60. The first-order chi connectivity index (χ1) is 19.0. The van der Waals surface area contributed by atoms with Crippen LogP contribution in [0.25, 0.3) is 11.1 Å². The molecule has 0 bridgehead atoms. The molecule has 0 fully saturated rings. The highest BCUT2D eigenvalue weighted by Crippen LogP contribution is 2.48. The smallest absolute Gasteiger partial charge is 0.417 e. The number of methoxy groups -OCH3 is 1. The maximum atomic E-state index is 14.2. The lowest BCUT2D eigenvalue weighted by atomic mass is 9.86. The van der Waals surface area contributed by atoms with Crippen molar-refractivity contribution in [3.8, 4) is 28.4 Å². The van der Waals surface area contributed by atoms with Crippen LogP contribution in [0.1, 0.15) is 58.2 Å². The minimum absolute atomic E-state index is 0.0886. The van der Waals surface area contributed by atoms with Crippen LogP contribution in [0.3, 0.4) is 0 Å². The molecule has 1 unspecified atom stereocenters. The molecule has 0 amide bonds. The Morgan fingerprint density at radius 1 is 1.05 bits per heavy atom. The van der Waals surface area contributed by atoms with Gasteiger partial charge in [0.05, 0.1) is 25.7 Å². The molecule has 1 aliphatic heterocycles. The molecule has 3 aromatic carbocycles. The van der Waals surface area contributed by atoms with E-state index >= 15 is 0 Å². The number of benzene rings is 3. The lowest BCUT2D eigenvalue weighted by Crippen LogP contribution is -2.11. The van der Waals surface area contributed by atoms with E-state index < -0.39 is 29.2 Å². The van der Waals surface area contributed by atoms with Gasteiger partial charge in [0, 0.05) is 17.5 Å². The predicted octanol–water partition coefficient (Wildman–Crippen LogP) is 6.61. The molecule has 0 spiro atoms. The first-order valence-corrected chi connectivity index (χ1v) is 13.6. The van der Waals surface area contributed by atoms with E-state index in [1.807, 2.05) is 6.07 Å². The normalized spacial score (nSPS) is 18.5. The highest BCUT2D eigenvalue weighted by Gasteiger charge is 2.39. The summed E-state index contributed by atoms with van der Waals surface area (Å²) in [6.45, 7) is 3.65. The van der Waals surface area contributed by atoms with E-state index in [9.17, 15) is 22.2 Å². The number of esters is 1. The van der Waals surface area contributed by atoms with Crippen LogP contribution in [0.15, 0.2) is 42.5 Å². The highest BCUT2D eigenvalue weighted by atomic mass is 32.2. The van der Waals surface area contributed by atoms with E-state index in [1.54, 1.807) is 26.0 Å². The molecular weight excluding hydrogens is 549 g/mol. The van der Waals surface area contributed by atoms with Crippen molar-refractivity contribution in [2.75, 3.05) is 13.7 Å². The average molecular weight is 577 g/mol. The summed E-state index contributed by atoms with van der Waals surface area (Å²) in [5, 5.41) is 0. The van der Waals surface area contributed by atoms with Crippen LogP contribution in [0.4, 0.5) is 13.2 Å². The topological polar surface area (TPSA) is 91.3 Å². The third-order valence-corrected chi connectivity index (χ3v) is 7.70. The molecule has 5 rings (SSSR count). The zero-order valence-electron chi connectivity index (χ0n) is 22.0. The summed E-state index contributed by atoms with van der Waals surface area (Å²) in [7, 11) is 1.34. The molecule has 7 nitrogen and oxygen atoms in total. The maximum Gasteiger partial charge on any atom is 0.417 e. The van der Waals surface area contributed by atoms with Crippen LogP contribution in [0.5, 0.6) is 17.2 Å². The van der Waals surface area contributed by atoms with E-state index in [0.29, 0.717) is 58.8 Å². The minimum Gasteiger partial charge on any atom is -0.492 e. The Labute approximate surface area is 231 Å². The van der Waals surface area contributed by atoms with Gasteiger partial charge < -0.3 is 18.4 Å². The van der Waals surface area contributed by atoms with E-state index in [-0.39, 0.29) is 29.6 Å². The van der Waals surface area contributed by atoms with Gasteiger partial charge in [-0.2, -0.15) is 17.4 Å². The number of aryl methyl sites for hydroxylation is 2. The third-order valence-electron chi connectivity index (χ3n) is 7.37. The van der Waals surface area contributed by atoms with Crippen LogP contribution in [-0.4, -0.2) is 28.4 Å². The van der Waals surface area contributed by atoms with Crippen LogP contribution >= 0.6 is 0 Å². The van der Waals surface area contributed by atoms with Crippen molar-refractivity contribution in [2.45, 2.75) is 51.3 Å². The van der Waals surface area contributed by atoms with E-state index in [0.717, 1.165) is 11.6 Å². The monoisotopic (exact) mass is 576 g/mol. The van der Waals surface area contributed by atoms with Gasteiger partial charge >= 0.3 is 23.5 Å².